The number of hydrogen-bond acceptors (Lipinski definition) is 1. The number of hydrogen-bond donors (Lipinski definition) is 1. The predicted octanol–water partition coefficient (Wildman–Crippen LogP) is 4.52. The van der Waals surface area contributed by atoms with Gasteiger partial charge in [-0.3, -0.25) is 0 Å². The first kappa shape index (κ1) is 15.3. The maximum Gasteiger partial charge on any atom is 0.0178 e. The van der Waals surface area contributed by atoms with Crippen molar-refractivity contribution in [3.63, 3.8) is 0 Å². The molecule has 2 rings (SSSR count). The molecule has 20 heavy (non-hydrogen) atoms. The maximum atomic E-state index is 3.60. The van der Waals surface area contributed by atoms with Crippen molar-refractivity contribution in [2.24, 2.45) is 0 Å². The van der Waals surface area contributed by atoms with Gasteiger partial charge in [0.15, 0.2) is 0 Å². The smallest absolute Gasteiger partial charge is 0.0178 e. The Labute approximate surface area is 130 Å². The van der Waals surface area contributed by atoms with Gasteiger partial charge in [-0.1, -0.05) is 64.8 Å². The summed E-state index contributed by atoms with van der Waals surface area (Å²) >= 11 is 3.55. The molecule has 0 saturated carbocycles. The molecule has 0 spiro atoms. The first-order valence-electron chi connectivity index (χ1n) is 7.20. The summed E-state index contributed by atoms with van der Waals surface area (Å²) in [5, 5.41) is 3.60. The fraction of sp³-hybridized carbons (Fsp3) is 0.333. The van der Waals surface area contributed by atoms with E-state index in [1.54, 1.807) is 0 Å². The Morgan fingerprint density at radius 2 is 1.70 bits per heavy atom. The van der Waals surface area contributed by atoms with Crippen LogP contribution in [-0.4, -0.2) is 12.6 Å². The summed E-state index contributed by atoms with van der Waals surface area (Å²) in [6.45, 7) is 5.31. The summed E-state index contributed by atoms with van der Waals surface area (Å²) in [6.07, 6.45) is 2.13. The van der Waals surface area contributed by atoms with Gasteiger partial charge in [-0.15, -0.1) is 0 Å². The summed E-state index contributed by atoms with van der Waals surface area (Å²) in [5.41, 5.74) is 4.09. The molecule has 0 saturated heterocycles. The van der Waals surface area contributed by atoms with Crippen molar-refractivity contribution in [2.45, 2.75) is 32.7 Å². The lowest BCUT2D eigenvalue weighted by molar-refractivity contribution is 0.521. The van der Waals surface area contributed by atoms with Crippen LogP contribution in [0.25, 0.3) is 0 Å². The number of rotatable bonds is 6. The standard InChI is InChI=1S/C18H22BrN/c1-3-20-18(12-15-9-7-14(2)8-10-15)13-16-5-4-6-17(19)11-16/h4-11,18,20H,3,12-13H2,1-2H3. The summed E-state index contributed by atoms with van der Waals surface area (Å²) in [5.74, 6) is 0. The Morgan fingerprint density at radius 3 is 2.35 bits per heavy atom. The highest BCUT2D eigenvalue weighted by Crippen LogP contribution is 2.15. The third kappa shape index (κ3) is 4.77. The Bertz CT molecular complexity index is 533. The van der Waals surface area contributed by atoms with E-state index in [1.165, 1.54) is 16.7 Å². The molecule has 0 amide bonds. The van der Waals surface area contributed by atoms with E-state index in [-0.39, 0.29) is 0 Å². The van der Waals surface area contributed by atoms with Crippen LogP contribution in [0.4, 0.5) is 0 Å². The van der Waals surface area contributed by atoms with Crippen molar-refractivity contribution in [1.29, 1.82) is 0 Å². The van der Waals surface area contributed by atoms with Gasteiger partial charge in [0, 0.05) is 10.5 Å². The van der Waals surface area contributed by atoms with Crippen LogP contribution in [-0.2, 0) is 12.8 Å². The maximum absolute atomic E-state index is 3.60. The molecule has 0 aliphatic heterocycles. The van der Waals surface area contributed by atoms with Crippen molar-refractivity contribution in [2.75, 3.05) is 6.54 Å². The van der Waals surface area contributed by atoms with E-state index in [0.29, 0.717) is 6.04 Å². The molecule has 0 radical (unpaired) electrons. The van der Waals surface area contributed by atoms with Crippen molar-refractivity contribution in [1.82, 2.24) is 5.32 Å². The van der Waals surface area contributed by atoms with E-state index in [0.717, 1.165) is 23.9 Å². The molecule has 1 N–H and O–H groups in total. The van der Waals surface area contributed by atoms with Crippen LogP contribution >= 0.6 is 15.9 Å². The van der Waals surface area contributed by atoms with Crippen LogP contribution in [0, 0.1) is 6.92 Å². The van der Waals surface area contributed by atoms with Crippen molar-refractivity contribution < 1.29 is 0 Å². The monoisotopic (exact) mass is 331 g/mol. The van der Waals surface area contributed by atoms with Gasteiger partial charge in [-0.25, -0.2) is 0 Å². The molecule has 2 aromatic rings. The zero-order chi connectivity index (χ0) is 14.4. The molecule has 1 atom stereocenters. The third-order valence-electron chi connectivity index (χ3n) is 3.47. The third-order valence-corrected chi connectivity index (χ3v) is 3.96. The van der Waals surface area contributed by atoms with Gasteiger partial charge in [0.25, 0.3) is 0 Å². The number of halogens is 1. The van der Waals surface area contributed by atoms with Crippen LogP contribution in [0.2, 0.25) is 0 Å². The minimum Gasteiger partial charge on any atom is -0.314 e. The average Bonchev–Trinajstić information content (AvgIpc) is 2.42. The van der Waals surface area contributed by atoms with Gasteiger partial charge >= 0.3 is 0 Å². The van der Waals surface area contributed by atoms with Gasteiger partial charge in [0.05, 0.1) is 0 Å². The second-order valence-electron chi connectivity index (χ2n) is 5.28. The molecule has 0 heterocycles. The first-order chi connectivity index (χ1) is 9.67. The molecule has 2 aromatic carbocycles. The number of likely N-dealkylation sites (N-methyl/N-ethyl adjacent to an activating group) is 1. The molecular formula is C18H22BrN. The Kier molecular flexibility index (Phi) is 5.81. The van der Waals surface area contributed by atoms with Crippen molar-refractivity contribution >= 4 is 15.9 Å². The highest BCUT2D eigenvalue weighted by molar-refractivity contribution is 9.10. The Balaban J connectivity index is 2.05. The van der Waals surface area contributed by atoms with Crippen LogP contribution < -0.4 is 5.32 Å². The lowest BCUT2D eigenvalue weighted by Crippen LogP contribution is -2.33. The molecule has 0 bridgehead atoms. The van der Waals surface area contributed by atoms with Gasteiger partial charge in [-0.05, 0) is 49.6 Å². The molecule has 0 aliphatic carbocycles. The lowest BCUT2D eigenvalue weighted by Gasteiger charge is -2.18. The predicted molar refractivity (Wildman–Crippen MR) is 90.2 cm³/mol. The van der Waals surface area contributed by atoms with Crippen LogP contribution in [0.5, 0.6) is 0 Å². The van der Waals surface area contributed by atoms with Gasteiger partial charge in [0.1, 0.15) is 0 Å². The number of aryl methyl sites for hydroxylation is 1. The van der Waals surface area contributed by atoms with E-state index < -0.39 is 0 Å². The fourth-order valence-electron chi connectivity index (χ4n) is 2.46. The molecule has 2 heteroatoms. The van der Waals surface area contributed by atoms with Gasteiger partial charge < -0.3 is 5.32 Å². The largest absolute Gasteiger partial charge is 0.314 e. The van der Waals surface area contributed by atoms with Crippen LogP contribution in [0.1, 0.15) is 23.6 Å². The molecule has 106 valence electrons. The fourth-order valence-corrected chi connectivity index (χ4v) is 2.91. The molecule has 0 aromatic heterocycles. The number of benzene rings is 2. The summed E-state index contributed by atoms with van der Waals surface area (Å²) in [7, 11) is 0. The molecule has 0 fully saturated rings. The quantitative estimate of drug-likeness (QED) is 0.820. The minimum absolute atomic E-state index is 0.483. The second-order valence-corrected chi connectivity index (χ2v) is 6.19. The minimum atomic E-state index is 0.483. The lowest BCUT2D eigenvalue weighted by atomic mass is 9.98. The molecular weight excluding hydrogens is 310 g/mol. The van der Waals surface area contributed by atoms with Gasteiger partial charge in [0.2, 0.25) is 0 Å². The van der Waals surface area contributed by atoms with Gasteiger partial charge in [-0.2, -0.15) is 0 Å². The molecule has 1 nitrogen and oxygen atoms in total. The topological polar surface area (TPSA) is 12.0 Å². The van der Waals surface area contributed by atoms with Crippen molar-refractivity contribution in [3.05, 3.63) is 69.7 Å². The van der Waals surface area contributed by atoms with E-state index in [2.05, 4.69) is 83.6 Å². The van der Waals surface area contributed by atoms with Crippen molar-refractivity contribution in [3.8, 4) is 0 Å². The summed E-state index contributed by atoms with van der Waals surface area (Å²) < 4.78 is 1.15. The Morgan fingerprint density at radius 1 is 1.00 bits per heavy atom. The summed E-state index contributed by atoms with van der Waals surface area (Å²) in [6, 6.07) is 17.9. The zero-order valence-electron chi connectivity index (χ0n) is 12.2. The number of nitrogens with one attached hydrogen (secondary N) is 1. The zero-order valence-corrected chi connectivity index (χ0v) is 13.8. The average molecular weight is 332 g/mol. The highest BCUT2D eigenvalue weighted by atomic mass is 79.9. The summed E-state index contributed by atoms with van der Waals surface area (Å²) in [4.78, 5) is 0. The van der Waals surface area contributed by atoms with E-state index in [1.807, 2.05) is 0 Å². The highest BCUT2D eigenvalue weighted by Gasteiger charge is 2.09. The molecule has 1 unspecified atom stereocenters. The first-order valence-corrected chi connectivity index (χ1v) is 8.00. The van der Waals surface area contributed by atoms with E-state index in [9.17, 15) is 0 Å². The van der Waals surface area contributed by atoms with Crippen LogP contribution in [0.3, 0.4) is 0 Å². The van der Waals surface area contributed by atoms with E-state index >= 15 is 0 Å². The Hall–Kier alpha value is -1.12. The SMILES string of the molecule is CCNC(Cc1ccc(C)cc1)Cc1cccc(Br)c1. The normalized spacial score (nSPS) is 12.3. The van der Waals surface area contributed by atoms with E-state index in [4.69, 9.17) is 0 Å². The molecule has 0 aliphatic rings. The van der Waals surface area contributed by atoms with Crippen LogP contribution in [0.15, 0.2) is 53.0 Å². The second kappa shape index (κ2) is 7.61.